The molecule has 2 aliphatic rings. The molecule has 0 radical (unpaired) electrons. The van der Waals surface area contributed by atoms with Gasteiger partial charge in [-0.2, -0.15) is 0 Å². The van der Waals surface area contributed by atoms with E-state index in [2.05, 4.69) is 11.4 Å². The average molecular weight is 223 g/mol. The highest BCUT2D eigenvalue weighted by molar-refractivity contribution is 5.78. The van der Waals surface area contributed by atoms with Crippen LogP contribution < -0.4 is 5.32 Å². The van der Waals surface area contributed by atoms with Crippen LogP contribution in [0.2, 0.25) is 0 Å². The van der Waals surface area contributed by atoms with Gasteiger partial charge in [0.05, 0.1) is 6.10 Å². The van der Waals surface area contributed by atoms with Gasteiger partial charge in [-0.15, -0.1) is 0 Å². The monoisotopic (exact) mass is 223 g/mol. The molecule has 0 aromatic rings. The zero-order chi connectivity index (χ0) is 11.4. The number of aliphatic hydroxyl groups excluding tert-OH is 1. The van der Waals surface area contributed by atoms with E-state index in [0.717, 1.165) is 32.2 Å². The van der Waals surface area contributed by atoms with E-state index in [-0.39, 0.29) is 12.0 Å². The van der Waals surface area contributed by atoms with Crippen molar-refractivity contribution < 1.29 is 9.90 Å². The fourth-order valence-corrected chi connectivity index (χ4v) is 2.46. The lowest BCUT2D eigenvalue weighted by Gasteiger charge is -2.31. The number of aliphatic hydroxyl groups is 1. The van der Waals surface area contributed by atoms with Gasteiger partial charge < -0.3 is 10.4 Å². The van der Waals surface area contributed by atoms with Crippen molar-refractivity contribution >= 4 is 5.91 Å². The number of hydrogen-bond donors (Lipinski definition) is 2. The molecule has 0 aliphatic heterocycles. The third kappa shape index (κ3) is 3.34. The van der Waals surface area contributed by atoms with Crippen molar-refractivity contribution in [3.05, 3.63) is 11.6 Å². The number of rotatable bonds is 4. The van der Waals surface area contributed by atoms with Gasteiger partial charge in [-0.3, -0.25) is 4.79 Å². The van der Waals surface area contributed by atoms with E-state index in [1.165, 1.54) is 18.4 Å². The molecule has 0 spiro atoms. The zero-order valence-corrected chi connectivity index (χ0v) is 9.74. The van der Waals surface area contributed by atoms with Crippen LogP contribution in [-0.2, 0) is 4.79 Å². The summed E-state index contributed by atoms with van der Waals surface area (Å²) in [6.45, 7) is 0.739. The Labute approximate surface area is 96.9 Å². The Balaban J connectivity index is 1.62. The van der Waals surface area contributed by atoms with Gasteiger partial charge in [0.25, 0.3) is 0 Å². The predicted molar refractivity (Wildman–Crippen MR) is 62.9 cm³/mol. The summed E-state index contributed by atoms with van der Waals surface area (Å²) in [4.78, 5) is 11.6. The maximum absolute atomic E-state index is 11.6. The first-order chi connectivity index (χ1) is 7.74. The number of hydrogen-bond acceptors (Lipinski definition) is 2. The zero-order valence-electron chi connectivity index (χ0n) is 9.74. The van der Waals surface area contributed by atoms with Crippen LogP contribution in [0.5, 0.6) is 0 Å². The quantitative estimate of drug-likeness (QED) is 0.714. The van der Waals surface area contributed by atoms with Gasteiger partial charge in [0.1, 0.15) is 0 Å². The van der Waals surface area contributed by atoms with Gasteiger partial charge in [-0.1, -0.05) is 11.6 Å². The summed E-state index contributed by atoms with van der Waals surface area (Å²) in [5.41, 5.74) is 1.30. The Bertz CT molecular complexity index is 280. The molecule has 0 saturated heterocycles. The molecule has 1 saturated carbocycles. The number of amides is 1. The van der Waals surface area contributed by atoms with Crippen LogP contribution in [0, 0.1) is 5.92 Å². The lowest BCUT2D eigenvalue weighted by molar-refractivity contribution is -0.121. The first-order valence-electron chi connectivity index (χ1n) is 6.36. The molecule has 3 nitrogen and oxygen atoms in total. The number of allylic oxidation sites excluding steroid dienone is 1. The minimum absolute atomic E-state index is 0.122. The molecule has 2 aliphatic carbocycles. The van der Waals surface area contributed by atoms with Gasteiger partial charge >= 0.3 is 0 Å². The lowest BCUT2D eigenvalue weighted by Crippen LogP contribution is -2.38. The van der Waals surface area contributed by atoms with E-state index in [4.69, 9.17) is 5.11 Å². The maximum Gasteiger partial charge on any atom is 0.224 e. The van der Waals surface area contributed by atoms with E-state index in [9.17, 15) is 4.79 Å². The van der Waals surface area contributed by atoms with E-state index >= 15 is 0 Å². The van der Waals surface area contributed by atoms with Crippen LogP contribution in [-0.4, -0.2) is 23.7 Å². The molecule has 1 amide bonds. The molecule has 90 valence electrons. The van der Waals surface area contributed by atoms with Gasteiger partial charge in [-0.05, 0) is 44.4 Å². The first kappa shape index (κ1) is 11.6. The number of carbonyl (C=O) groups is 1. The fraction of sp³-hybridized carbons (Fsp3) is 0.769. The van der Waals surface area contributed by atoms with Crippen molar-refractivity contribution in [1.29, 1.82) is 0 Å². The molecule has 2 N–H and O–H groups in total. The van der Waals surface area contributed by atoms with Crippen LogP contribution in [0.25, 0.3) is 0 Å². The smallest absolute Gasteiger partial charge is 0.224 e. The highest BCUT2D eigenvalue weighted by atomic mass is 16.3. The maximum atomic E-state index is 11.6. The second kappa shape index (κ2) is 5.48. The van der Waals surface area contributed by atoms with Gasteiger partial charge in [-0.25, -0.2) is 0 Å². The van der Waals surface area contributed by atoms with E-state index in [1.807, 2.05) is 0 Å². The third-order valence-electron chi connectivity index (χ3n) is 3.57. The third-order valence-corrected chi connectivity index (χ3v) is 3.57. The van der Waals surface area contributed by atoms with Crippen LogP contribution in [0.3, 0.4) is 0 Å². The van der Waals surface area contributed by atoms with Crippen LogP contribution in [0.1, 0.15) is 44.9 Å². The van der Waals surface area contributed by atoms with Gasteiger partial charge in [0.2, 0.25) is 5.91 Å². The summed E-state index contributed by atoms with van der Waals surface area (Å²) in [5.74, 6) is 0.647. The van der Waals surface area contributed by atoms with E-state index < -0.39 is 0 Å². The summed E-state index contributed by atoms with van der Waals surface area (Å²) in [6, 6.07) is 0. The summed E-state index contributed by atoms with van der Waals surface area (Å²) in [5, 5.41) is 12.1. The Kier molecular flexibility index (Phi) is 3.99. The molecule has 1 fully saturated rings. The van der Waals surface area contributed by atoms with Crippen LogP contribution >= 0.6 is 0 Å². The SMILES string of the molecule is O=C(CC1=CCCCC1)NCC1CC(O)C1. The van der Waals surface area contributed by atoms with Crippen LogP contribution in [0.15, 0.2) is 11.6 Å². The standard InChI is InChI=1S/C13H21NO2/c15-12-6-11(7-12)9-14-13(16)8-10-4-2-1-3-5-10/h4,11-12,15H,1-3,5-9H2,(H,14,16). The summed E-state index contributed by atoms with van der Waals surface area (Å²) < 4.78 is 0. The second-order valence-electron chi connectivity index (χ2n) is 5.08. The first-order valence-corrected chi connectivity index (χ1v) is 6.36. The Morgan fingerprint density at radius 2 is 2.25 bits per heavy atom. The molecule has 3 heteroatoms. The molecule has 0 atom stereocenters. The van der Waals surface area contributed by atoms with Crippen molar-refractivity contribution in [2.45, 2.75) is 51.0 Å². The largest absolute Gasteiger partial charge is 0.393 e. The summed E-state index contributed by atoms with van der Waals surface area (Å²) >= 11 is 0. The predicted octanol–water partition coefficient (Wildman–Crippen LogP) is 1.76. The van der Waals surface area contributed by atoms with Crippen molar-refractivity contribution in [2.24, 2.45) is 5.92 Å². The molecule has 2 rings (SSSR count). The average Bonchev–Trinajstić information content (AvgIpc) is 2.24. The van der Waals surface area contributed by atoms with Crippen molar-refractivity contribution in [3.8, 4) is 0 Å². The highest BCUT2D eigenvalue weighted by Gasteiger charge is 2.27. The van der Waals surface area contributed by atoms with E-state index in [0.29, 0.717) is 12.3 Å². The van der Waals surface area contributed by atoms with Crippen molar-refractivity contribution in [1.82, 2.24) is 5.32 Å². The van der Waals surface area contributed by atoms with Crippen LogP contribution in [0.4, 0.5) is 0 Å². The Hall–Kier alpha value is -0.830. The molecule has 0 aromatic carbocycles. The van der Waals surface area contributed by atoms with Crippen molar-refractivity contribution in [3.63, 3.8) is 0 Å². The molecular weight excluding hydrogens is 202 g/mol. The highest BCUT2D eigenvalue weighted by Crippen LogP contribution is 2.26. The molecule has 0 bridgehead atoms. The van der Waals surface area contributed by atoms with E-state index in [1.54, 1.807) is 0 Å². The lowest BCUT2D eigenvalue weighted by atomic mass is 9.82. The molecule has 0 aromatic heterocycles. The minimum atomic E-state index is -0.122. The molecule has 0 heterocycles. The molecule has 0 unspecified atom stereocenters. The minimum Gasteiger partial charge on any atom is -0.393 e. The van der Waals surface area contributed by atoms with Gasteiger partial charge in [0, 0.05) is 13.0 Å². The summed E-state index contributed by atoms with van der Waals surface area (Å²) in [6.07, 6.45) is 9.10. The normalized spacial score (nSPS) is 29.2. The fourth-order valence-electron chi connectivity index (χ4n) is 2.46. The number of carbonyl (C=O) groups excluding carboxylic acids is 1. The second-order valence-corrected chi connectivity index (χ2v) is 5.08. The van der Waals surface area contributed by atoms with Crippen molar-refractivity contribution in [2.75, 3.05) is 6.54 Å². The Morgan fingerprint density at radius 1 is 1.44 bits per heavy atom. The summed E-state index contributed by atoms with van der Waals surface area (Å²) in [7, 11) is 0. The molecular formula is C13H21NO2. The number of nitrogens with one attached hydrogen (secondary N) is 1. The topological polar surface area (TPSA) is 49.3 Å². The van der Waals surface area contributed by atoms with Gasteiger partial charge in [0.15, 0.2) is 0 Å². The Morgan fingerprint density at radius 3 is 2.88 bits per heavy atom. The molecule has 16 heavy (non-hydrogen) atoms.